The maximum absolute atomic E-state index is 12.2. The second-order valence-corrected chi connectivity index (χ2v) is 6.38. The second kappa shape index (κ2) is 6.55. The van der Waals surface area contributed by atoms with Crippen LogP contribution in [0.3, 0.4) is 0 Å². The van der Waals surface area contributed by atoms with Crippen LogP contribution in [0.1, 0.15) is 54.3 Å². The fourth-order valence-corrected chi connectivity index (χ4v) is 3.24. The first-order chi connectivity index (χ1) is 10.2. The van der Waals surface area contributed by atoms with Gasteiger partial charge in [-0.15, -0.1) is 5.10 Å². The monoisotopic (exact) mass is 397 g/mol. The van der Waals surface area contributed by atoms with E-state index < -0.39 is 0 Å². The normalized spacial score (nSPS) is 15.9. The minimum atomic E-state index is -0.223. The molecule has 3 rings (SSSR count). The summed E-state index contributed by atoms with van der Waals surface area (Å²) >= 11 is 2.13. The van der Waals surface area contributed by atoms with E-state index in [1.54, 1.807) is 6.07 Å². The molecular formula is C15H16IN3O2. The molecule has 21 heavy (non-hydrogen) atoms. The molecule has 1 heterocycles. The smallest absolute Gasteiger partial charge is 0.322 e. The Morgan fingerprint density at radius 2 is 1.95 bits per heavy atom. The van der Waals surface area contributed by atoms with Crippen LogP contribution in [0.5, 0.6) is 0 Å². The van der Waals surface area contributed by atoms with Crippen molar-refractivity contribution in [2.24, 2.45) is 0 Å². The first kappa shape index (κ1) is 14.5. The Balaban J connectivity index is 1.69. The fraction of sp³-hybridized carbons (Fsp3) is 0.400. The van der Waals surface area contributed by atoms with E-state index in [1.165, 1.54) is 19.3 Å². The van der Waals surface area contributed by atoms with E-state index in [2.05, 4.69) is 38.1 Å². The van der Waals surface area contributed by atoms with E-state index in [4.69, 9.17) is 4.42 Å². The first-order valence-corrected chi connectivity index (χ1v) is 8.21. The van der Waals surface area contributed by atoms with Crippen LogP contribution in [0.2, 0.25) is 0 Å². The molecule has 1 aromatic heterocycles. The Hall–Kier alpha value is -1.44. The van der Waals surface area contributed by atoms with Gasteiger partial charge in [0.15, 0.2) is 0 Å². The van der Waals surface area contributed by atoms with Gasteiger partial charge in [0.25, 0.3) is 5.91 Å². The largest absolute Gasteiger partial charge is 0.408 e. The number of aromatic nitrogens is 2. The molecule has 5 nitrogen and oxygen atoms in total. The number of hydrogen-bond acceptors (Lipinski definition) is 4. The molecule has 0 bridgehead atoms. The Morgan fingerprint density at radius 1 is 1.19 bits per heavy atom. The van der Waals surface area contributed by atoms with Crippen LogP contribution in [-0.4, -0.2) is 16.1 Å². The summed E-state index contributed by atoms with van der Waals surface area (Å²) in [5.74, 6) is 0.764. The quantitative estimate of drug-likeness (QED) is 0.796. The molecule has 1 fully saturated rings. The number of nitrogens with one attached hydrogen (secondary N) is 1. The molecule has 1 saturated carbocycles. The number of anilines is 1. The number of halogens is 1. The topological polar surface area (TPSA) is 68.0 Å². The summed E-state index contributed by atoms with van der Waals surface area (Å²) in [6.07, 6.45) is 5.87. The molecule has 6 heteroatoms. The summed E-state index contributed by atoms with van der Waals surface area (Å²) < 4.78 is 6.49. The van der Waals surface area contributed by atoms with Crippen molar-refractivity contribution in [2.45, 2.75) is 38.0 Å². The lowest BCUT2D eigenvalue weighted by Gasteiger charge is -2.17. The van der Waals surface area contributed by atoms with Crippen LogP contribution >= 0.6 is 22.6 Å². The second-order valence-electron chi connectivity index (χ2n) is 5.21. The van der Waals surface area contributed by atoms with E-state index in [1.807, 2.05) is 18.2 Å². The highest BCUT2D eigenvalue weighted by Gasteiger charge is 2.22. The zero-order valence-corrected chi connectivity index (χ0v) is 13.7. The van der Waals surface area contributed by atoms with Gasteiger partial charge in [0.2, 0.25) is 5.89 Å². The molecule has 0 unspecified atom stereocenters. The summed E-state index contributed by atoms with van der Waals surface area (Å²) in [4.78, 5) is 12.2. The Kier molecular flexibility index (Phi) is 4.52. The van der Waals surface area contributed by atoms with Crippen LogP contribution in [0.25, 0.3) is 0 Å². The van der Waals surface area contributed by atoms with Crippen LogP contribution in [0.4, 0.5) is 6.01 Å². The van der Waals surface area contributed by atoms with Gasteiger partial charge in [0.1, 0.15) is 0 Å². The zero-order valence-electron chi connectivity index (χ0n) is 11.5. The van der Waals surface area contributed by atoms with Gasteiger partial charge >= 0.3 is 6.01 Å². The lowest BCUT2D eigenvalue weighted by Crippen LogP contribution is -2.13. The number of carbonyl (C=O) groups excluding carboxylic acids is 1. The highest BCUT2D eigenvalue weighted by Crippen LogP contribution is 2.32. The highest BCUT2D eigenvalue weighted by atomic mass is 127. The van der Waals surface area contributed by atoms with Crippen molar-refractivity contribution < 1.29 is 9.21 Å². The van der Waals surface area contributed by atoms with Crippen molar-refractivity contribution in [1.29, 1.82) is 0 Å². The van der Waals surface area contributed by atoms with E-state index in [9.17, 15) is 4.79 Å². The van der Waals surface area contributed by atoms with Crippen molar-refractivity contribution in [3.05, 3.63) is 39.3 Å². The first-order valence-electron chi connectivity index (χ1n) is 7.13. The molecule has 1 amide bonds. The van der Waals surface area contributed by atoms with Gasteiger partial charge in [0, 0.05) is 9.49 Å². The van der Waals surface area contributed by atoms with Gasteiger partial charge in [-0.2, -0.15) is 0 Å². The molecule has 110 valence electrons. The SMILES string of the molecule is O=C(Nc1nnc(C2CCCCC2)o1)c1ccccc1I. The molecule has 1 aliphatic carbocycles. The maximum atomic E-state index is 12.2. The molecule has 2 aromatic rings. The van der Waals surface area contributed by atoms with E-state index in [0.717, 1.165) is 16.4 Å². The standard InChI is InChI=1S/C15H16IN3O2/c16-12-9-5-4-8-11(12)13(20)17-15-19-18-14(21-15)10-6-2-1-3-7-10/h4-5,8-10H,1-3,6-7H2,(H,17,19,20). The van der Waals surface area contributed by atoms with Crippen molar-refractivity contribution in [1.82, 2.24) is 10.2 Å². The Morgan fingerprint density at radius 3 is 2.71 bits per heavy atom. The summed E-state index contributed by atoms with van der Waals surface area (Å²) in [7, 11) is 0. The third-order valence-corrected chi connectivity index (χ3v) is 4.67. The molecule has 1 aromatic carbocycles. The minimum Gasteiger partial charge on any atom is -0.408 e. The van der Waals surface area contributed by atoms with E-state index in [-0.39, 0.29) is 11.9 Å². The third kappa shape index (κ3) is 3.42. The molecule has 1 aliphatic rings. The van der Waals surface area contributed by atoms with Gasteiger partial charge in [-0.25, -0.2) is 0 Å². The predicted molar refractivity (Wildman–Crippen MR) is 87.2 cm³/mol. The van der Waals surface area contributed by atoms with Crippen LogP contribution < -0.4 is 5.32 Å². The number of carbonyl (C=O) groups is 1. The van der Waals surface area contributed by atoms with Gasteiger partial charge in [-0.05, 0) is 47.6 Å². The average Bonchev–Trinajstić information content (AvgIpc) is 2.97. The summed E-state index contributed by atoms with van der Waals surface area (Å²) in [6, 6.07) is 7.57. The van der Waals surface area contributed by atoms with Crippen molar-refractivity contribution in [3.8, 4) is 0 Å². The molecule has 0 radical (unpaired) electrons. The van der Waals surface area contributed by atoms with Gasteiger partial charge in [0.05, 0.1) is 5.56 Å². The lowest BCUT2D eigenvalue weighted by molar-refractivity contribution is 0.102. The Labute approximate surface area is 136 Å². The van der Waals surface area contributed by atoms with Gasteiger partial charge < -0.3 is 4.42 Å². The van der Waals surface area contributed by atoms with E-state index in [0.29, 0.717) is 17.4 Å². The number of amides is 1. The Bertz CT molecular complexity index is 635. The van der Waals surface area contributed by atoms with Crippen molar-refractivity contribution in [3.63, 3.8) is 0 Å². The predicted octanol–water partition coefficient (Wildman–Crippen LogP) is 3.97. The fourth-order valence-electron chi connectivity index (χ4n) is 2.61. The molecule has 0 atom stereocenters. The van der Waals surface area contributed by atoms with Crippen LogP contribution in [-0.2, 0) is 0 Å². The lowest BCUT2D eigenvalue weighted by atomic mass is 9.89. The van der Waals surface area contributed by atoms with Crippen molar-refractivity contribution >= 4 is 34.5 Å². The summed E-state index contributed by atoms with van der Waals surface area (Å²) in [6.45, 7) is 0. The van der Waals surface area contributed by atoms with Gasteiger partial charge in [-0.3, -0.25) is 10.1 Å². The molecule has 0 spiro atoms. The number of benzene rings is 1. The van der Waals surface area contributed by atoms with E-state index >= 15 is 0 Å². The third-order valence-electron chi connectivity index (χ3n) is 3.73. The molecule has 1 N–H and O–H groups in total. The summed E-state index contributed by atoms with van der Waals surface area (Å²) in [5, 5.41) is 10.7. The zero-order chi connectivity index (χ0) is 14.7. The molecule has 0 aliphatic heterocycles. The summed E-state index contributed by atoms with van der Waals surface area (Å²) in [5.41, 5.74) is 0.607. The number of nitrogens with zero attached hydrogens (tertiary/aromatic N) is 2. The molecular weight excluding hydrogens is 381 g/mol. The number of rotatable bonds is 3. The average molecular weight is 397 g/mol. The minimum absolute atomic E-state index is 0.181. The number of hydrogen-bond donors (Lipinski definition) is 1. The van der Waals surface area contributed by atoms with Crippen LogP contribution in [0.15, 0.2) is 28.7 Å². The highest BCUT2D eigenvalue weighted by molar-refractivity contribution is 14.1. The maximum Gasteiger partial charge on any atom is 0.322 e. The van der Waals surface area contributed by atoms with Crippen molar-refractivity contribution in [2.75, 3.05) is 5.32 Å². The van der Waals surface area contributed by atoms with Gasteiger partial charge in [-0.1, -0.05) is 36.5 Å². The molecule has 0 saturated heterocycles. The van der Waals surface area contributed by atoms with Crippen LogP contribution in [0, 0.1) is 3.57 Å².